The third kappa shape index (κ3) is 5.20. The maximum Gasteiger partial charge on any atom is 0.281 e. The van der Waals surface area contributed by atoms with E-state index in [4.69, 9.17) is 0 Å². The zero-order valence-electron chi connectivity index (χ0n) is 22.0. The summed E-state index contributed by atoms with van der Waals surface area (Å²) in [5.41, 5.74) is 3.25. The van der Waals surface area contributed by atoms with E-state index in [1.165, 1.54) is 40.3 Å². The molecule has 0 atom stereocenters. The number of carbonyl (C=O) groups excluding carboxylic acids is 2. The van der Waals surface area contributed by atoms with Crippen LogP contribution < -0.4 is 5.32 Å². The Hall–Kier alpha value is -2.86. The van der Waals surface area contributed by atoms with E-state index >= 15 is 0 Å². The first kappa shape index (κ1) is 26.7. The Kier molecular flexibility index (Phi) is 7.54. The highest BCUT2D eigenvalue weighted by Crippen LogP contribution is 2.38. The highest BCUT2D eigenvalue weighted by atomic mass is 32.2. The van der Waals surface area contributed by atoms with Crippen LogP contribution >= 0.6 is 11.3 Å². The molecule has 202 valence electrons. The normalized spacial score (nSPS) is 17.1. The number of fused-ring (bicyclic) bond motifs is 1. The molecule has 0 spiro atoms. The van der Waals surface area contributed by atoms with Crippen molar-refractivity contribution in [3.63, 3.8) is 0 Å². The molecule has 1 N–H and O–H groups in total. The molecule has 0 unspecified atom stereocenters. The van der Waals surface area contributed by atoms with Crippen LogP contribution in [-0.4, -0.2) is 65.9 Å². The Labute approximate surface area is 227 Å². The molecular weight excluding hydrogens is 522 g/mol. The van der Waals surface area contributed by atoms with Crippen molar-refractivity contribution in [1.29, 1.82) is 0 Å². The van der Waals surface area contributed by atoms with E-state index < -0.39 is 15.9 Å². The Morgan fingerprint density at radius 3 is 2.32 bits per heavy atom. The molecule has 38 heavy (non-hydrogen) atoms. The maximum atomic E-state index is 13.6. The quantitative estimate of drug-likeness (QED) is 0.509. The number of nitrogens with one attached hydrogen (secondary N) is 1. The van der Waals surface area contributed by atoms with Gasteiger partial charge in [0.15, 0.2) is 0 Å². The van der Waals surface area contributed by atoms with Gasteiger partial charge in [-0.15, -0.1) is 11.3 Å². The van der Waals surface area contributed by atoms with Crippen molar-refractivity contribution in [2.75, 3.05) is 32.0 Å². The number of rotatable bonds is 5. The number of carbonyl (C=O) groups is 2. The Morgan fingerprint density at radius 2 is 1.68 bits per heavy atom. The Bertz CT molecular complexity index is 1470. The second-order valence-corrected chi connectivity index (χ2v) is 13.2. The minimum Gasteiger partial charge on any atom is -0.313 e. The lowest BCUT2D eigenvalue weighted by molar-refractivity contribution is 0.0942. The fourth-order valence-electron chi connectivity index (χ4n) is 5.17. The number of anilines is 1. The minimum atomic E-state index is -3.60. The molecule has 4 heterocycles. The maximum absolute atomic E-state index is 13.6. The van der Waals surface area contributed by atoms with Gasteiger partial charge in [0.25, 0.3) is 11.8 Å². The number of nitrogens with zero attached hydrogens (tertiary/aromatic N) is 4. The lowest BCUT2D eigenvalue weighted by Gasteiger charge is -2.22. The van der Waals surface area contributed by atoms with Gasteiger partial charge in [-0.25, -0.2) is 13.1 Å². The number of amides is 1. The Morgan fingerprint density at radius 1 is 1.00 bits per heavy atom. The molecule has 1 saturated heterocycles. The first-order valence-corrected chi connectivity index (χ1v) is 15.2. The predicted molar refractivity (Wildman–Crippen MR) is 147 cm³/mol. The van der Waals surface area contributed by atoms with Crippen molar-refractivity contribution in [2.24, 2.45) is 0 Å². The average molecular weight is 556 g/mol. The number of likely N-dealkylation sites (N-methyl/N-ethyl adjacent to an activating group) is 1. The summed E-state index contributed by atoms with van der Waals surface area (Å²) in [6.45, 7) is 6.25. The van der Waals surface area contributed by atoms with Gasteiger partial charge >= 0.3 is 0 Å². The molecule has 11 heteroatoms. The molecule has 1 fully saturated rings. The van der Waals surface area contributed by atoms with Crippen LogP contribution in [0.4, 0.5) is 5.00 Å². The molecule has 9 nitrogen and oxygen atoms in total. The zero-order chi connectivity index (χ0) is 27.0. The zero-order valence-corrected chi connectivity index (χ0v) is 23.6. The van der Waals surface area contributed by atoms with Crippen LogP contribution in [0.25, 0.3) is 0 Å². The van der Waals surface area contributed by atoms with Crippen LogP contribution in [0.15, 0.2) is 35.2 Å². The highest BCUT2D eigenvalue weighted by molar-refractivity contribution is 7.89. The summed E-state index contributed by atoms with van der Waals surface area (Å²) < 4.78 is 29.2. The lowest BCUT2D eigenvalue weighted by atomic mass is 10.0. The molecule has 1 aromatic carbocycles. The molecule has 5 rings (SSSR count). The van der Waals surface area contributed by atoms with E-state index in [1.54, 1.807) is 4.31 Å². The standard InChI is InChI=1S/C27H33N5O4S2/c1-18-16-19(2)32(29-18)27(34)24-22-12-15-30(3)17-23(22)37-26(24)28-25(33)20-8-10-21(11-9-20)38(35,36)31-13-6-4-5-7-14-31/h8-11,16H,4-7,12-15,17H2,1-3H3,(H,28,33). The second-order valence-electron chi connectivity index (χ2n) is 10.1. The van der Waals surface area contributed by atoms with Crippen LogP contribution in [0.1, 0.15) is 68.2 Å². The molecule has 0 bridgehead atoms. The molecule has 2 aliphatic heterocycles. The second kappa shape index (κ2) is 10.7. The smallest absolute Gasteiger partial charge is 0.281 e. The van der Waals surface area contributed by atoms with Crippen LogP contribution in [0.5, 0.6) is 0 Å². The van der Waals surface area contributed by atoms with Crippen molar-refractivity contribution in [2.45, 2.75) is 57.4 Å². The summed E-state index contributed by atoms with van der Waals surface area (Å²) in [7, 11) is -1.57. The number of aryl methyl sites for hydroxylation is 2. The number of aromatic nitrogens is 2. The van der Waals surface area contributed by atoms with Gasteiger partial charge in [0.2, 0.25) is 10.0 Å². The molecule has 1 amide bonds. The fraction of sp³-hybridized carbons (Fsp3) is 0.444. The van der Waals surface area contributed by atoms with Gasteiger partial charge in [0.1, 0.15) is 5.00 Å². The summed E-state index contributed by atoms with van der Waals surface area (Å²) >= 11 is 1.41. The summed E-state index contributed by atoms with van der Waals surface area (Å²) in [5.74, 6) is -0.648. The lowest BCUT2D eigenvalue weighted by Crippen LogP contribution is -2.31. The topological polar surface area (TPSA) is 105 Å². The van der Waals surface area contributed by atoms with Crippen LogP contribution in [0, 0.1) is 13.8 Å². The number of hydrogen-bond acceptors (Lipinski definition) is 7. The van der Waals surface area contributed by atoms with E-state index in [1.807, 2.05) is 27.0 Å². The van der Waals surface area contributed by atoms with Crippen molar-refractivity contribution >= 4 is 38.2 Å². The van der Waals surface area contributed by atoms with E-state index in [9.17, 15) is 18.0 Å². The molecule has 0 aliphatic carbocycles. The van der Waals surface area contributed by atoms with Crippen molar-refractivity contribution in [3.05, 3.63) is 63.3 Å². The molecular formula is C27H33N5O4S2. The minimum absolute atomic E-state index is 0.186. The molecule has 0 saturated carbocycles. The van der Waals surface area contributed by atoms with Gasteiger partial charge in [0, 0.05) is 42.3 Å². The Balaban J connectivity index is 1.42. The summed E-state index contributed by atoms with van der Waals surface area (Å²) in [6, 6.07) is 7.90. The van der Waals surface area contributed by atoms with Gasteiger partial charge in [-0.05, 0) is 76.1 Å². The van der Waals surface area contributed by atoms with Crippen molar-refractivity contribution < 1.29 is 18.0 Å². The van der Waals surface area contributed by atoms with Gasteiger partial charge in [-0.2, -0.15) is 9.40 Å². The average Bonchev–Trinajstić information content (AvgIpc) is 3.26. The van der Waals surface area contributed by atoms with Crippen LogP contribution in [0.3, 0.4) is 0 Å². The SMILES string of the molecule is Cc1cc(C)n(C(=O)c2c(NC(=O)c3ccc(S(=O)(=O)N4CCCCCC4)cc3)sc3c2CCN(C)C3)n1. The monoisotopic (exact) mass is 555 g/mol. The van der Waals surface area contributed by atoms with Crippen molar-refractivity contribution in [3.8, 4) is 0 Å². The van der Waals surface area contributed by atoms with E-state index in [-0.39, 0.29) is 10.8 Å². The molecule has 2 aliphatic rings. The van der Waals surface area contributed by atoms with Gasteiger partial charge in [-0.1, -0.05) is 12.8 Å². The third-order valence-electron chi connectivity index (χ3n) is 7.21. The number of hydrogen-bond donors (Lipinski definition) is 1. The number of benzene rings is 1. The summed E-state index contributed by atoms with van der Waals surface area (Å²) in [4.78, 5) is 30.3. The van der Waals surface area contributed by atoms with Gasteiger partial charge in [0.05, 0.1) is 16.2 Å². The van der Waals surface area contributed by atoms with E-state index in [2.05, 4.69) is 15.3 Å². The summed E-state index contributed by atoms with van der Waals surface area (Å²) in [6.07, 6.45) is 4.51. The highest BCUT2D eigenvalue weighted by Gasteiger charge is 2.30. The fourth-order valence-corrected chi connectivity index (χ4v) is 8.00. The van der Waals surface area contributed by atoms with E-state index in [0.717, 1.165) is 54.1 Å². The van der Waals surface area contributed by atoms with Crippen LogP contribution in [-0.2, 0) is 23.0 Å². The molecule has 0 radical (unpaired) electrons. The van der Waals surface area contributed by atoms with Gasteiger partial charge in [-0.3, -0.25) is 9.59 Å². The number of sulfonamides is 1. The molecule has 2 aromatic heterocycles. The van der Waals surface area contributed by atoms with Crippen molar-refractivity contribution in [1.82, 2.24) is 19.0 Å². The van der Waals surface area contributed by atoms with E-state index in [0.29, 0.717) is 42.2 Å². The first-order valence-electron chi connectivity index (χ1n) is 13.0. The molecule has 3 aromatic rings. The summed E-state index contributed by atoms with van der Waals surface area (Å²) in [5, 5.41) is 7.81. The number of thiophene rings is 1. The largest absolute Gasteiger partial charge is 0.313 e. The third-order valence-corrected chi connectivity index (χ3v) is 10.3. The van der Waals surface area contributed by atoms with Crippen LogP contribution in [0.2, 0.25) is 0 Å². The van der Waals surface area contributed by atoms with Gasteiger partial charge < -0.3 is 10.2 Å². The first-order chi connectivity index (χ1) is 18.1. The predicted octanol–water partition coefficient (Wildman–Crippen LogP) is 4.05.